The number of nitrogens with one attached hydrogen (secondary N) is 3. The summed E-state index contributed by atoms with van der Waals surface area (Å²) >= 11 is 0. The van der Waals surface area contributed by atoms with Crippen molar-refractivity contribution in [3.8, 4) is 0 Å². The number of carbonyl (C=O) groups excluding carboxylic acids is 2. The summed E-state index contributed by atoms with van der Waals surface area (Å²) < 4.78 is 0. The molecule has 3 N–H and O–H groups in total. The molecule has 0 radical (unpaired) electrons. The Bertz CT molecular complexity index is 682. The van der Waals surface area contributed by atoms with Crippen LogP contribution < -0.4 is 16.0 Å². The zero-order valence-electron chi connectivity index (χ0n) is 14.0. The molecule has 0 saturated carbocycles. The molecule has 1 atom stereocenters. The molecule has 6 heteroatoms. The van der Waals surface area contributed by atoms with E-state index in [0.717, 1.165) is 45.4 Å². The zero-order chi connectivity index (χ0) is 16.7. The Labute approximate surface area is 142 Å². The number of carbonyl (C=O) groups is 2. The largest absolute Gasteiger partial charge is 0.384 e. The molecule has 24 heavy (non-hydrogen) atoms. The fourth-order valence-electron chi connectivity index (χ4n) is 4.30. The van der Waals surface area contributed by atoms with Crippen LogP contribution in [0.25, 0.3) is 0 Å². The summed E-state index contributed by atoms with van der Waals surface area (Å²) in [5.74, 6) is 0.0100. The van der Waals surface area contributed by atoms with Crippen LogP contribution in [0.1, 0.15) is 30.9 Å². The molecule has 0 aromatic heterocycles. The van der Waals surface area contributed by atoms with Crippen molar-refractivity contribution in [2.24, 2.45) is 5.92 Å². The highest BCUT2D eigenvalue weighted by Gasteiger charge is 2.48. The maximum Gasteiger partial charge on any atom is 0.322 e. The van der Waals surface area contributed by atoms with Crippen molar-refractivity contribution in [2.75, 3.05) is 25.0 Å². The topological polar surface area (TPSA) is 73.5 Å². The highest BCUT2D eigenvalue weighted by molar-refractivity contribution is 6.06. The predicted molar refractivity (Wildman–Crippen MR) is 91.7 cm³/mol. The van der Waals surface area contributed by atoms with Gasteiger partial charge in [0.1, 0.15) is 5.54 Å². The Morgan fingerprint density at radius 2 is 2.04 bits per heavy atom. The van der Waals surface area contributed by atoms with Crippen molar-refractivity contribution in [3.05, 3.63) is 29.3 Å². The second-order valence-electron chi connectivity index (χ2n) is 7.29. The minimum atomic E-state index is -0.751. The van der Waals surface area contributed by atoms with Crippen LogP contribution in [-0.2, 0) is 17.8 Å². The lowest BCUT2D eigenvalue weighted by molar-refractivity contribution is -0.125. The van der Waals surface area contributed by atoms with E-state index >= 15 is 0 Å². The number of amides is 3. The molecule has 3 amide bonds. The van der Waals surface area contributed by atoms with Crippen LogP contribution in [0.15, 0.2) is 18.2 Å². The summed E-state index contributed by atoms with van der Waals surface area (Å²) in [7, 11) is 0. The lowest BCUT2D eigenvalue weighted by Gasteiger charge is -2.38. The first-order chi connectivity index (χ1) is 11.6. The quantitative estimate of drug-likeness (QED) is 0.735. The average molecular weight is 328 g/mol. The number of para-hydroxylation sites is 1. The first-order valence-electron chi connectivity index (χ1n) is 8.77. The van der Waals surface area contributed by atoms with E-state index in [9.17, 15) is 9.59 Å². The second-order valence-corrected chi connectivity index (χ2v) is 7.29. The van der Waals surface area contributed by atoms with Crippen molar-refractivity contribution in [1.82, 2.24) is 15.5 Å². The number of anilines is 1. The highest BCUT2D eigenvalue weighted by Crippen LogP contribution is 2.32. The summed E-state index contributed by atoms with van der Waals surface area (Å²) in [6.07, 6.45) is 2.96. The van der Waals surface area contributed by atoms with Gasteiger partial charge in [-0.3, -0.25) is 15.0 Å². The molecule has 0 aliphatic carbocycles. The van der Waals surface area contributed by atoms with Crippen molar-refractivity contribution in [1.29, 1.82) is 0 Å². The lowest BCUT2D eigenvalue weighted by atomic mass is 9.79. The van der Waals surface area contributed by atoms with E-state index in [4.69, 9.17) is 0 Å². The normalized spacial score (nSPS) is 27.5. The molecule has 128 valence electrons. The predicted octanol–water partition coefficient (Wildman–Crippen LogP) is 1.46. The lowest BCUT2D eigenvalue weighted by Crippen LogP contribution is -2.53. The van der Waals surface area contributed by atoms with Crippen molar-refractivity contribution in [3.63, 3.8) is 0 Å². The maximum absolute atomic E-state index is 12.1. The van der Waals surface area contributed by atoms with E-state index in [1.54, 1.807) is 0 Å². The van der Waals surface area contributed by atoms with Gasteiger partial charge < -0.3 is 10.6 Å². The number of nitrogens with zero attached hydrogens (tertiary/aromatic N) is 1. The Morgan fingerprint density at radius 3 is 2.75 bits per heavy atom. The number of likely N-dealkylation sites (tertiary alicyclic amines) is 1. The first kappa shape index (κ1) is 15.4. The van der Waals surface area contributed by atoms with Crippen LogP contribution in [0, 0.1) is 5.92 Å². The second kappa shape index (κ2) is 5.77. The molecule has 2 saturated heterocycles. The van der Waals surface area contributed by atoms with Crippen LogP contribution in [-0.4, -0.2) is 42.0 Å². The van der Waals surface area contributed by atoms with Gasteiger partial charge in [-0.15, -0.1) is 0 Å². The fraction of sp³-hybridized carbons (Fsp3) is 0.556. The SMILES string of the molecule is CC1(C2CCN(Cc3cccc4c3NCC4)CC2)NC(=O)NC1=O. The Kier molecular flexibility index (Phi) is 3.72. The molecule has 1 aromatic rings. The van der Waals surface area contributed by atoms with Crippen LogP contribution in [0.5, 0.6) is 0 Å². The standard InChI is InChI=1S/C18H24N4O2/c1-18(16(23)20-17(24)21-18)14-6-9-22(10-7-14)11-13-4-2-3-12-5-8-19-15(12)13/h2-4,14,19H,5-11H2,1H3,(H2,20,21,23,24). The monoisotopic (exact) mass is 328 g/mol. The Balaban J connectivity index is 1.40. The molecule has 3 aliphatic rings. The number of rotatable bonds is 3. The number of urea groups is 1. The first-order valence-corrected chi connectivity index (χ1v) is 8.77. The van der Waals surface area contributed by atoms with Gasteiger partial charge in [0.05, 0.1) is 0 Å². The smallest absolute Gasteiger partial charge is 0.322 e. The third-order valence-electron chi connectivity index (χ3n) is 5.80. The van der Waals surface area contributed by atoms with Crippen LogP contribution in [0.2, 0.25) is 0 Å². The minimum Gasteiger partial charge on any atom is -0.384 e. The molecule has 0 bridgehead atoms. The molecular formula is C18H24N4O2. The van der Waals surface area contributed by atoms with Gasteiger partial charge >= 0.3 is 6.03 Å². The average Bonchev–Trinajstić information content (AvgIpc) is 3.14. The van der Waals surface area contributed by atoms with E-state index in [1.807, 2.05) is 6.92 Å². The van der Waals surface area contributed by atoms with Crippen LogP contribution in [0.3, 0.4) is 0 Å². The number of hydrogen-bond acceptors (Lipinski definition) is 4. The van der Waals surface area contributed by atoms with Gasteiger partial charge in [-0.05, 0) is 56.3 Å². The van der Waals surface area contributed by atoms with Gasteiger partial charge in [-0.2, -0.15) is 0 Å². The molecule has 2 fully saturated rings. The molecule has 3 heterocycles. The zero-order valence-corrected chi connectivity index (χ0v) is 14.0. The number of fused-ring (bicyclic) bond motifs is 1. The maximum atomic E-state index is 12.1. The third kappa shape index (κ3) is 2.55. The number of benzene rings is 1. The van der Waals surface area contributed by atoms with E-state index < -0.39 is 5.54 Å². The summed E-state index contributed by atoms with van der Waals surface area (Å²) in [6.45, 7) is 5.72. The van der Waals surface area contributed by atoms with Gasteiger partial charge in [-0.1, -0.05) is 18.2 Å². The van der Waals surface area contributed by atoms with E-state index in [-0.39, 0.29) is 17.9 Å². The van der Waals surface area contributed by atoms with Gasteiger partial charge in [0.15, 0.2) is 0 Å². The molecule has 1 unspecified atom stereocenters. The van der Waals surface area contributed by atoms with Crippen molar-refractivity contribution in [2.45, 2.75) is 38.3 Å². The van der Waals surface area contributed by atoms with Crippen molar-refractivity contribution >= 4 is 17.6 Å². The minimum absolute atomic E-state index is 0.184. The van der Waals surface area contributed by atoms with Crippen molar-refractivity contribution < 1.29 is 9.59 Å². The fourth-order valence-corrected chi connectivity index (χ4v) is 4.30. The molecule has 4 rings (SSSR count). The summed E-state index contributed by atoms with van der Waals surface area (Å²) in [4.78, 5) is 26.0. The Morgan fingerprint density at radius 1 is 1.25 bits per heavy atom. The van der Waals surface area contributed by atoms with E-state index in [2.05, 4.69) is 39.0 Å². The summed E-state index contributed by atoms with van der Waals surface area (Å²) in [5, 5.41) is 8.69. The number of piperidine rings is 1. The highest BCUT2D eigenvalue weighted by atomic mass is 16.2. The van der Waals surface area contributed by atoms with Gasteiger partial charge in [0.2, 0.25) is 0 Å². The molecule has 1 aromatic carbocycles. The van der Waals surface area contributed by atoms with Gasteiger partial charge in [-0.25, -0.2) is 4.79 Å². The summed E-state index contributed by atoms with van der Waals surface area (Å²) in [6, 6.07) is 6.19. The molecular weight excluding hydrogens is 304 g/mol. The molecule has 0 spiro atoms. The number of imide groups is 1. The third-order valence-corrected chi connectivity index (χ3v) is 5.80. The van der Waals surface area contributed by atoms with E-state index in [0.29, 0.717) is 0 Å². The number of hydrogen-bond donors (Lipinski definition) is 3. The Hall–Kier alpha value is -2.08. The summed E-state index contributed by atoms with van der Waals surface area (Å²) in [5.41, 5.74) is 3.34. The molecule has 6 nitrogen and oxygen atoms in total. The van der Waals surface area contributed by atoms with Crippen LogP contribution >= 0.6 is 0 Å². The molecule has 3 aliphatic heterocycles. The van der Waals surface area contributed by atoms with Gasteiger partial charge in [0.25, 0.3) is 5.91 Å². The van der Waals surface area contributed by atoms with Crippen LogP contribution in [0.4, 0.5) is 10.5 Å². The van der Waals surface area contributed by atoms with E-state index in [1.165, 1.54) is 16.8 Å². The van der Waals surface area contributed by atoms with Gasteiger partial charge in [0, 0.05) is 18.8 Å².